The molecule has 7 heteroatoms. The van der Waals surface area contributed by atoms with Crippen LogP contribution in [-0.4, -0.2) is 47.2 Å². The Kier molecular flexibility index (Phi) is 4.03. The lowest BCUT2D eigenvalue weighted by molar-refractivity contribution is -0.115. The van der Waals surface area contributed by atoms with E-state index in [2.05, 4.69) is 4.99 Å². The van der Waals surface area contributed by atoms with E-state index in [9.17, 15) is 13.2 Å². The van der Waals surface area contributed by atoms with Gasteiger partial charge in [-0.2, -0.15) is 4.99 Å². The van der Waals surface area contributed by atoms with Gasteiger partial charge in [0.05, 0.1) is 17.5 Å². The first-order valence-corrected chi connectivity index (χ1v) is 9.83. The number of aliphatic imine (C=N–C) groups is 1. The summed E-state index contributed by atoms with van der Waals surface area (Å²) < 4.78 is 23.7. The number of rotatable bonds is 2. The lowest BCUT2D eigenvalue weighted by atomic mass is 10.1. The number of amidine groups is 1. The standard InChI is InChI=1S/C15H18N2O3S2/c1-10-3-5-12(6-4-10)7-17-13-8-22(19,20)9-14(13)21-15(17)16-11(2)18/h3-6,13-14H,7-9H2,1-2H3/t13-,14-/m1/s1. The number of carbonyl (C=O) groups is 1. The number of amides is 1. The SMILES string of the molecule is CC(=O)N=C1S[C@@H]2CS(=O)(=O)C[C@H]2N1Cc1ccc(C)cc1. The third kappa shape index (κ3) is 3.20. The van der Waals surface area contributed by atoms with Gasteiger partial charge < -0.3 is 4.90 Å². The number of hydrogen-bond acceptors (Lipinski definition) is 4. The molecular weight excluding hydrogens is 320 g/mol. The molecule has 1 amide bonds. The van der Waals surface area contributed by atoms with E-state index < -0.39 is 9.84 Å². The summed E-state index contributed by atoms with van der Waals surface area (Å²) in [5.74, 6) is 0.0659. The van der Waals surface area contributed by atoms with Crippen molar-refractivity contribution < 1.29 is 13.2 Å². The first-order valence-electron chi connectivity index (χ1n) is 7.12. The molecule has 0 N–H and O–H groups in total. The molecule has 0 unspecified atom stereocenters. The minimum absolute atomic E-state index is 0.0199. The third-order valence-corrected chi connectivity index (χ3v) is 7.15. The number of nitrogens with zero attached hydrogens (tertiary/aromatic N) is 2. The van der Waals surface area contributed by atoms with Crippen LogP contribution in [0.5, 0.6) is 0 Å². The topological polar surface area (TPSA) is 66.8 Å². The molecule has 3 rings (SSSR count). The Morgan fingerprint density at radius 3 is 2.64 bits per heavy atom. The van der Waals surface area contributed by atoms with Crippen molar-refractivity contribution in [2.75, 3.05) is 11.5 Å². The molecule has 22 heavy (non-hydrogen) atoms. The summed E-state index contributed by atoms with van der Waals surface area (Å²) in [7, 11) is -2.99. The Hall–Kier alpha value is -1.34. The van der Waals surface area contributed by atoms with E-state index in [1.165, 1.54) is 24.2 Å². The molecule has 2 heterocycles. The highest BCUT2D eigenvalue weighted by Crippen LogP contribution is 2.39. The summed E-state index contributed by atoms with van der Waals surface area (Å²) in [5.41, 5.74) is 2.27. The van der Waals surface area contributed by atoms with E-state index in [-0.39, 0.29) is 28.7 Å². The molecule has 0 radical (unpaired) electrons. The normalized spacial score (nSPS) is 28.1. The summed E-state index contributed by atoms with van der Waals surface area (Å²) in [4.78, 5) is 17.4. The molecule has 2 atom stereocenters. The maximum atomic E-state index is 11.9. The Morgan fingerprint density at radius 1 is 1.32 bits per heavy atom. The van der Waals surface area contributed by atoms with Crippen molar-refractivity contribution in [3.63, 3.8) is 0 Å². The fourth-order valence-corrected chi connectivity index (χ4v) is 6.84. The van der Waals surface area contributed by atoms with Gasteiger partial charge in [0.2, 0.25) is 5.91 Å². The van der Waals surface area contributed by atoms with Gasteiger partial charge in [0.15, 0.2) is 15.0 Å². The van der Waals surface area contributed by atoms with Gasteiger partial charge in [0.25, 0.3) is 0 Å². The number of sulfone groups is 1. The summed E-state index contributed by atoms with van der Waals surface area (Å²) in [5, 5.41) is 0.631. The fraction of sp³-hybridized carbons (Fsp3) is 0.467. The van der Waals surface area contributed by atoms with Crippen molar-refractivity contribution in [3.05, 3.63) is 35.4 Å². The van der Waals surface area contributed by atoms with Gasteiger partial charge in [-0.1, -0.05) is 41.6 Å². The lowest BCUT2D eigenvalue weighted by Crippen LogP contribution is -2.37. The third-order valence-electron chi connectivity index (χ3n) is 3.90. The van der Waals surface area contributed by atoms with Crippen molar-refractivity contribution in [1.29, 1.82) is 0 Å². The molecule has 2 aliphatic heterocycles. The molecule has 5 nitrogen and oxygen atoms in total. The van der Waals surface area contributed by atoms with Gasteiger partial charge >= 0.3 is 0 Å². The van der Waals surface area contributed by atoms with Crippen molar-refractivity contribution in [1.82, 2.24) is 4.90 Å². The van der Waals surface area contributed by atoms with Crippen LogP contribution in [0.4, 0.5) is 0 Å². The molecule has 1 aromatic carbocycles. The number of fused-ring (bicyclic) bond motifs is 1. The second kappa shape index (κ2) is 5.70. The lowest BCUT2D eigenvalue weighted by Gasteiger charge is -2.24. The Labute approximate surface area is 134 Å². The van der Waals surface area contributed by atoms with E-state index in [4.69, 9.17) is 0 Å². The molecule has 2 saturated heterocycles. The van der Waals surface area contributed by atoms with Gasteiger partial charge in [0.1, 0.15) is 0 Å². The molecule has 118 valence electrons. The van der Waals surface area contributed by atoms with Crippen LogP contribution in [0.15, 0.2) is 29.3 Å². The molecule has 2 aliphatic rings. The van der Waals surface area contributed by atoms with Crippen molar-refractivity contribution in [2.45, 2.75) is 31.7 Å². The Balaban J connectivity index is 1.89. The number of aryl methyl sites for hydroxylation is 1. The summed E-state index contributed by atoms with van der Waals surface area (Å²) >= 11 is 1.42. The van der Waals surface area contributed by atoms with Crippen LogP contribution in [0.3, 0.4) is 0 Å². The molecule has 0 saturated carbocycles. The van der Waals surface area contributed by atoms with Crippen LogP contribution < -0.4 is 0 Å². The predicted octanol–water partition coefficient (Wildman–Crippen LogP) is 1.61. The van der Waals surface area contributed by atoms with Gasteiger partial charge in [-0.3, -0.25) is 4.79 Å². The number of hydrogen-bond donors (Lipinski definition) is 0. The van der Waals surface area contributed by atoms with Gasteiger partial charge in [-0.25, -0.2) is 8.42 Å². The second-order valence-electron chi connectivity index (χ2n) is 5.83. The van der Waals surface area contributed by atoms with Crippen molar-refractivity contribution in [2.24, 2.45) is 4.99 Å². The molecule has 0 spiro atoms. The number of benzene rings is 1. The van der Waals surface area contributed by atoms with Crippen LogP contribution in [-0.2, 0) is 21.2 Å². The minimum atomic E-state index is -2.99. The number of thioether (sulfide) groups is 1. The molecule has 2 fully saturated rings. The van der Waals surface area contributed by atoms with Crippen molar-refractivity contribution >= 4 is 32.7 Å². The highest BCUT2D eigenvalue weighted by molar-refractivity contribution is 8.15. The van der Waals surface area contributed by atoms with Crippen LogP contribution in [0.25, 0.3) is 0 Å². The largest absolute Gasteiger partial charge is 0.342 e. The highest BCUT2D eigenvalue weighted by Gasteiger charge is 2.48. The summed E-state index contributed by atoms with van der Waals surface area (Å²) in [6.45, 7) is 4.02. The molecule has 0 aromatic heterocycles. The van der Waals surface area contributed by atoms with Gasteiger partial charge in [-0.05, 0) is 12.5 Å². The Morgan fingerprint density at radius 2 is 2.00 bits per heavy atom. The molecular formula is C15H18N2O3S2. The number of carbonyl (C=O) groups excluding carboxylic acids is 1. The predicted molar refractivity (Wildman–Crippen MR) is 88.7 cm³/mol. The minimum Gasteiger partial charge on any atom is -0.342 e. The van der Waals surface area contributed by atoms with E-state index in [0.29, 0.717) is 11.7 Å². The van der Waals surface area contributed by atoms with E-state index >= 15 is 0 Å². The summed E-state index contributed by atoms with van der Waals surface area (Å²) in [6, 6.07) is 8.03. The van der Waals surface area contributed by atoms with Crippen molar-refractivity contribution in [3.8, 4) is 0 Å². The molecule has 1 aromatic rings. The van der Waals surface area contributed by atoms with E-state index in [1.807, 2.05) is 36.1 Å². The maximum absolute atomic E-state index is 11.9. The monoisotopic (exact) mass is 338 g/mol. The smallest absolute Gasteiger partial charge is 0.244 e. The first kappa shape index (κ1) is 15.6. The zero-order valence-electron chi connectivity index (χ0n) is 12.5. The van der Waals surface area contributed by atoms with Crippen LogP contribution >= 0.6 is 11.8 Å². The quantitative estimate of drug-likeness (QED) is 0.820. The first-order chi connectivity index (χ1) is 10.3. The zero-order valence-corrected chi connectivity index (χ0v) is 14.2. The van der Waals surface area contributed by atoms with Crippen LogP contribution in [0.2, 0.25) is 0 Å². The molecule has 0 bridgehead atoms. The van der Waals surface area contributed by atoms with Gasteiger partial charge in [0, 0.05) is 18.7 Å². The zero-order chi connectivity index (χ0) is 15.9. The van der Waals surface area contributed by atoms with Crippen LogP contribution in [0, 0.1) is 6.92 Å². The van der Waals surface area contributed by atoms with Gasteiger partial charge in [-0.15, -0.1) is 0 Å². The maximum Gasteiger partial charge on any atom is 0.244 e. The summed E-state index contributed by atoms with van der Waals surface area (Å²) in [6.07, 6.45) is 0. The highest BCUT2D eigenvalue weighted by atomic mass is 32.2. The fourth-order valence-electron chi connectivity index (χ4n) is 2.85. The van der Waals surface area contributed by atoms with E-state index in [1.54, 1.807) is 0 Å². The Bertz CT molecular complexity index is 726. The molecule has 0 aliphatic carbocycles. The van der Waals surface area contributed by atoms with E-state index in [0.717, 1.165) is 5.56 Å². The average Bonchev–Trinajstić information content (AvgIpc) is 2.85. The average molecular weight is 338 g/mol. The second-order valence-corrected chi connectivity index (χ2v) is 9.19. The van der Waals surface area contributed by atoms with Crippen LogP contribution in [0.1, 0.15) is 18.1 Å².